The second-order valence-electron chi connectivity index (χ2n) is 4.68. The lowest BCUT2D eigenvalue weighted by atomic mass is 9.98. The fourth-order valence-electron chi connectivity index (χ4n) is 2.72. The highest BCUT2D eigenvalue weighted by atomic mass is 14.2. The van der Waals surface area contributed by atoms with E-state index < -0.39 is 0 Å². The SMILES string of the molecule is C=Cc1cc2c(cc1/C=C\C)Cc1ccccc1-2. The molecule has 0 fully saturated rings. The predicted octanol–water partition coefficient (Wildman–Crippen LogP) is 4.93. The van der Waals surface area contributed by atoms with Crippen molar-refractivity contribution in [2.24, 2.45) is 0 Å². The van der Waals surface area contributed by atoms with Gasteiger partial charge in [-0.05, 0) is 52.8 Å². The summed E-state index contributed by atoms with van der Waals surface area (Å²) in [7, 11) is 0. The maximum absolute atomic E-state index is 3.92. The minimum absolute atomic E-state index is 1.05. The monoisotopic (exact) mass is 232 g/mol. The van der Waals surface area contributed by atoms with Crippen LogP contribution < -0.4 is 0 Å². The molecule has 0 aliphatic heterocycles. The number of rotatable bonds is 2. The molecular weight excluding hydrogens is 216 g/mol. The molecule has 88 valence electrons. The van der Waals surface area contributed by atoms with E-state index in [1.807, 2.05) is 6.08 Å². The van der Waals surface area contributed by atoms with Gasteiger partial charge in [0.25, 0.3) is 0 Å². The first-order chi connectivity index (χ1) is 8.83. The minimum atomic E-state index is 1.05. The molecule has 2 aromatic rings. The third-order valence-corrected chi connectivity index (χ3v) is 3.56. The molecule has 0 aromatic heterocycles. The first-order valence-electron chi connectivity index (χ1n) is 6.34. The van der Waals surface area contributed by atoms with Gasteiger partial charge in [-0.2, -0.15) is 0 Å². The average Bonchev–Trinajstić information content (AvgIpc) is 2.75. The molecule has 0 atom stereocenters. The van der Waals surface area contributed by atoms with E-state index in [1.54, 1.807) is 0 Å². The van der Waals surface area contributed by atoms with Crippen molar-refractivity contribution in [3.8, 4) is 11.1 Å². The summed E-state index contributed by atoms with van der Waals surface area (Å²) in [5, 5.41) is 0. The number of hydrogen-bond acceptors (Lipinski definition) is 0. The Kier molecular flexibility index (Phi) is 2.64. The van der Waals surface area contributed by atoms with Crippen LogP contribution in [0.4, 0.5) is 0 Å². The second kappa shape index (κ2) is 4.30. The summed E-state index contributed by atoms with van der Waals surface area (Å²) in [5.74, 6) is 0. The van der Waals surface area contributed by atoms with Crippen LogP contribution in [0.15, 0.2) is 49.1 Å². The summed E-state index contributed by atoms with van der Waals surface area (Å²) < 4.78 is 0. The van der Waals surface area contributed by atoms with Gasteiger partial charge in [-0.15, -0.1) is 0 Å². The number of hydrogen-bond donors (Lipinski definition) is 0. The molecule has 2 aromatic carbocycles. The second-order valence-corrected chi connectivity index (χ2v) is 4.68. The van der Waals surface area contributed by atoms with E-state index in [-0.39, 0.29) is 0 Å². The summed E-state index contributed by atoms with van der Waals surface area (Å²) in [6.07, 6.45) is 7.22. The maximum atomic E-state index is 3.92. The lowest BCUT2D eigenvalue weighted by Gasteiger charge is -2.07. The summed E-state index contributed by atoms with van der Waals surface area (Å²) in [5.41, 5.74) is 8.08. The Labute approximate surface area is 108 Å². The molecule has 1 aliphatic rings. The Morgan fingerprint density at radius 3 is 2.61 bits per heavy atom. The van der Waals surface area contributed by atoms with Gasteiger partial charge in [0.05, 0.1) is 0 Å². The molecule has 0 saturated heterocycles. The van der Waals surface area contributed by atoms with E-state index in [0.29, 0.717) is 0 Å². The van der Waals surface area contributed by atoms with E-state index in [9.17, 15) is 0 Å². The highest BCUT2D eigenvalue weighted by molar-refractivity contribution is 5.81. The molecule has 0 amide bonds. The molecule has 0 radical (unpaired) electrons. The maximum Gasteiger partial charge on any atom is -0.00132 e. The van der Waals surface area contributed by atoms with E-state index in [4.69, 9.17) is 0 Å². The van der Waals surface area contributed by atoms with Crippen molar-refractivity contribution in [1.29, 1.82) is 0 Å². The van der Waals surface area contributed by atoms with Crippen LogP contribution in [-0.4, -0.2) is 0 Å². The summed E-state index contributed by atoms with van der Waals surface area (Å²) >= 11 is 0. The van der Waals surface area contributed by atoms with Gasteiger partial charge < -0.3 is 0 Å². The molecule has 0 unspecified atom stereocenters. The van der Waals surface area contributed by atoms with E-state index in [2.05, 4.69) is 62.1 Å². The number of benzene rings is 2. The fourth-order valence-corrected chi connectivity index (χ4v) is 2.72. The van der Waals surface area contributed by atoms with Crippen LogP contribution in [0.3, 0.4) is 0 Å². The summed E-state index contributed by atoms with van der Waals surface area (Å²) in [6.45, 7) is 5.97. The van der Waals surface area contributed by atoms with Crippen LogP contribution in [0.5, 0.6) is 0 Å². The van der Waals surface area contributed by atoms with E-state index in [1.165, 1.54) is 33.4 Å². The molecule has 0 bridgehead atoms. The topological polar surface area (TPSA) is 0 Å². The molecule has 0 heterocycles. The van der Waals surface area contributed by atoms with Crippen LogP contribution in [-0.2, 0) is 6.42 Å². The highest BCUT2D eigenvalue weighted by Crippen LogP contribution is 2.38. The smallest absolute Gasteiger partial charge is 0.00132 e. The van der Waals surface area contributed by atoms with Gasteiger partial charge in [0.2, 0.25) is 0 Å². The van der Waals surface area contributed by atoms with Crippen LogP contribution >= 0.6 is 0 Å². The van der Waals surface area contributed by atoms with Gasteiger partial charge in [-0.25, -0.2) is 0 Å². The van der Waals surface area contributed by atoms with Gasteiger partial charge in [-0.3, -0.25) is 0 Å². The zero-order valence-electron chi connectivity index (χ0n) is 10.6. The van der Waals surface area contributed by atoms with Crippen molar-refractivity contribution in [2.75, 3.05) is 0 Å². The van der Waals surface area contributed by atoms with Gasteiger partial charge in [-0.1, -0.05) is 55.1 Å². The zero-order valence-corrected chi connectivity index (χ0v) is 10.6. The minimum Gasteiger partial charge on any atom is -0.0984 e. The summed E-state index contributed by atoms with van der Waals surface area (Å²) in [6, 6.07) is 13.2. The molecule has 1 aliphatic carbocycles. The van der Waals surface area contributed by atoms with E-state index in [0.717, 1.165) is 6.42 Å². The molecule has 3 rings (SSSR count). The third-order valence-electron chi connectivity index (χ3n) is 3.56. The largest absolute Gasteiger partial charge is 0.0984 e. The molecule has 0 N–H and O–H groups in total. The number of allylic oxidation sites excluding steroid dienone is 1. The normalized spacial score (nSPS) is 12.5. The average molecular weight is 232 g/mol. The predicted molar refractivity (Wildman–Crippen MR) is 79.5 cm³/mol. The van der Waals surface area contributed by atoms with Crippen LogP contribution in [0.25, 0.3) is 23.3 Å². The third kappa shape index (κ3) is 1.62. The lowest BCUT2D eigenvalue weighted by Crippen LogP contribution is -1.86. The summed E-state index contributed by atoms with van der Waals surface area (Å²) in [4.78, 5) is 0. The number of fused-ring (bicyclic) bond motifs is 3. The van der Waals surface area contributed by atoms with Gasteiger partial charge in [0.15, 0.2) is 0 Å². The molecular formula is C18H16. The first kappa shape index (κ1) is 11.0. The lowest BCUT2D eigenvalue weighted by molar-refractivity contribution is 1.26. The Hall–Kier alpha value is -2.08. The van der Waals surface area contributed by atoms with Crippen molar-refractivity contribution in [2.45, 2.75) is 13.3 Å². The van der Waals surface area contributed by atoms with Gasteiger partial charge in [0, 0.05) is 0 Å². The highest BCUT2D eigenvalue weighted by Gasteiger charge is 2.18. The molecule has 0 saturated carbocycles. The Bertz CT molecular complexity index is 645. The fraction of sp³-hybridized carbons (Fsp3) is 0.111. The first-order valence-corrected chi connectivity index (χ1v) is 6.34. The van der Waals surface area contributed by atoms with Crippen molar-refractivity contribution < 1.29 is 0 Å². The Morgan fingerprint density at radius 2 is 1.83 bits per heavy atom. The van der Waals surface area contributed by atoms with Gasteiger partial charge in [0.1, 0.15) is 0 Å². The van der Waals surface area contributed by atoms with Crippen molar-refractivity contribution in [3.63, 3.8) is 0 Å². The van der Waals surface area contributed by atoms with Crippen molar-refractivity contribution in [3.05, 3.63) is 71.3 Å². The van der Waals surface area contributed by atoms with E-state index >= 15 is 0 Å². The quantitative estimate of drug-likeness (QED) is 0.587. The molecule has 0 nitrogen and oxygen atoms in total. The van der Waals surface area contributed by atoms with Crippen molar-refractivity contribution in [1.82, 2.24) is 0 Å². The van der Waals surface area contributed by atoms with Crippen LogP contribution in [0.2, 0.25) is 0 Å². The van der Waals surface area contributed by atoms with Gasteiger partial charge >= 0.3 is 0 Å². The Balaban J connectivity index is 2.22. The van der Waals surface area contributed by atoms with Crippen LogP contribution in [0, 0.1) is 0 Å². The molecule has 0 spiro atoms. The Morgan fingerprint density at radius 1 is 1.00 bits per heavy atom. The molecule has 0 heteroatoms. The van der Waals surface area contributed by atoms with Crippen LogP contribution in [0.1, 0.15) is 29.2 Å². The zero-order chi connectivity index (χ0) is 12.5. The standard InChI is InChI=1S/C18H16/c1-3-7-14-10-16-11-15-8-5-6-9-17(15)18(16)12-13(14)4-2/h3-10,12H,2,11H2,1H3/b7-3-. The molecule has 18 heavy (non-hydrogen) atoms. The van der Waals surface area contributed by atoms with Crippen molar-refractivity contribution >= 4 is 12.2 Å².